The molecule has 1 N–H and O–H groups in total. The molecule has 1 amide bonds. The second kappa shape index (κ2) is 7.35. The average molecular weight is 444 g/mol. The van der Waals surface area contributed by atoms with E-state index in [0.29, 0.717) is 27.8 Å². The van der Waals surface area contributed by atoms with Crippen molar-refractivity contribution in [3.8, 4) is 0 Å². The third-order valence-electron chi connectivity index (χ3n) is 5.83. The molecule has 5 rings (SSSR count). The molecule has 7 nitrogen and oxygen atoms in total. The minimum Gasteiger partial charge on any atom is -0.350 e. The Hall–Kier alpha value is -2.45. The first-order valence-electron chi connectivity index (χ1n) is 10.1. The molecule has 1 aliphatic carbocycles. The molecule has 1 aromatic carbocycles. The van der Waals surface area contributed by atoms with E-state index in [1.165, 1.54) is 15.9 Å². The van der Waals surface area contributed by atoms with Crippen molar-refractivity contribution in [3.05, 3.63) is 52.1 Å². The maximum atomic E-state index is 12.9. The van der Waals surface area contributed by atoms with Crippen molar-refractivity contribution in [1.82, 2.24) is 19.9 Å². The van der Waals surface area contributed by atoms with E-state index in [1.54, 1.807) is 7.05 Å². The number of carbonyl (C=O) groups excluding carboxylic acids is 1. The number of nitrogens with zero attached hydrogens (tertiary/aromatic N) is 4. The fourth-order valence-electron chi connectivity index (χ4n) is 3.97. The molecular formula is C21H22ClN5O2S. The van der Waals surface area contributed by atoms with Gasteiger partial charge in [-0.15, -0.1) is 11.6 Å². The summed E-state index contributed by atoms with van der Waals surface area (Å²) in [5, 5.41) is 3.70. The first-order valence-corrected chi connectivity index (χ1v) is 11.3. The highest BCUT2D eigenvalue weighted by Gasteiger charge is 2.46. The van der Waals surface area contributed by atoms with Gasteiger partial charge in [0.2, 0.25) is 5.91 Å². The van der Waals surface area contributed by atoms with Gasteiger partial charge in [0.05, 0.1) is 0 Å². The van der Waals surface area contributed by atoms with Gasteiger partial charge in [0.25, 0.3) is 5.56 Å². The topological polar surface area (TPSA) is 80.1 Å². The van der Waals surface area contributed by atoms with E-state index in [0.717, 1.165) is 37.8 Å². The van der Waals surface area contributed by atoms with Crippen molar-refractivity contribution in [1.29, 1.82) is 0 Å². The predicted octanol–water partition coefficient (Wildman–Crippen LogP) is 2.90. The van der Waals surface area contributed by atoms with E-state index in [2.05, 4.69) is 15.3 Å². The molecular weight excluding hydrogens is 422 g/mol. The molecule has 9 heteroatoms. The van der Waals surface area contributed by atoms with Gasteiger partial charge in [-0.05, 0) is 31.2 Å². The molecule has 2 aliphatic rings. The van der Waals surface area contributed by atoms with Crippen molar-refractivity contribution in [2.24, 2.45) is 7.05 Å². The monoisotopic (exact) mass is 443 g/mol. The smallest absolute Gasteiger partial charge is 0.280 e. The number of anilines is 1. The van der Waals surface area contributed by atoms with Crippen LogP contribution in [0.2, 0.25) is 0 Å². The number of fused-ring (bicyclic) bond motifs is 1. The van der Waals surface area contributed by atoms with Gasteiger partial charge >= 0.3 is 0 Å². The highest BCUT2D eigenvalue weighted by atomic mass is 35.5. The molecule has 0 spiro atoms. The Labute approximate surface area is 182 Å². The molecule has 1 saturated heterocycles. The molecule has 2 aromatic heterocycles. The van der Waals surface area contributed by atoms with E-state index >= 15 is 0 Å². The maximum absolute atomic E-state index is 12.9. The molecule has 2 fully saturated rings. The van der Waals surface area contributed by atoms with Crippen LogP contribution >= 0.6 is 22.9 Å². The summed E-state index contributed by atoms with van der Waals surface area (Å²) in [5.41, 5.74) is 1.22. The predicted molar refractivity (Wildman–Crippen MR) is 118 cm³/mol. The van der Waals surface area contributed by atoms with Crippen LogP contribution in [-0.4, -0.2) is 33.0 Å². The van der Waals surface area contributed by atoms with Crippen LogP contribution in [0.25, 0.3) is 10.3 Å². The lowest BCUT2D eigenvalue weighted by molar-refractivity contribution is -0.122. The first kappa shape index (κ1) is 19.5. The van der Waals surface area contributed by atoms with Crippen molar-refractivity contribution in [2.45, 2.75) is 43.1 Å². The third-order valence-corrected chi connectivity index (χ3v) is 7.36. The lowest BCUT2D eigenvalue weighted by atomic mass is 10.2. The van der Waals surface area contributed by atoms with Gasteiger partial charge in [-0.1, -0.05) is 41.7 Å². The van der Waals surface area contributed by atoms with E-state index in [9.17, 15) is 9.59 Å². The minimum atomic E-state index is -0.528. The van der Waals surface area contributed by atoms with E-state index < -0.39 is 4.87 Å². The number of amides is 1. The van der Waals surface area contributed by atoms with Crippen LogP contribution in [0, 0.1) is 0 Å². The minimum absolute atomic E-state index is 0.0187. The second-order valence-corrected chi connectivity index (χ2v) is 9.65. The van der Waals surface area contributed by atoms with Crippen LogP contribution in [0.5, 0.6) is 0 Å². The largest absolute Gasteiger partial charge is 0.350 e. The van der Waals surface area contributed by atoms with Gasteiger partial charge in [-0.25, -0.2) is 9.97 Å². The molecule has 1 atom stereocenters. The molecule has 3 heterocycles. The van der Waals surface area contributed by atoms with Crippen molar-refractivity contribution in [3.63, 3.8) is 0 Å². The highest BCUT2D eigenvalue weighted by molar-refractivity contribution is 7.21. The van der Waals surface area contributed by atoms with Gasteiger partial charge < -0.3 is 10.2 Å². The number of benzene rings is 1. The standard InChI is InChI=1S/C21H22ClN5O2S/c1-26-18(29)15-17(25-19(26)21(22)9-10-21)30-20(24-15)27-11-5-8-14(27)16(28)23-12-13-6-3-2-4-7-13/h2-4,6-7,14H,5,8-12H2,1H3,(H,23,28). The summed E-state index contributed by atoms with van der Waals surface area (Å²) in [6.07, 6.45) is 3.31. The molecule has 0 bridgehead atoms. The Balaban J connectivity index is 1.40. The Morgan fingerprint density at radius 1 is 1.30 bits per heavy atom. The Kier molecular flexibility index (Phi) is 4.78. The van der Waals surface area contributed by atoms with Crippen LogP contribution in [-0.2, 0) is 23.3 Å². The van der Waals surface area contributed by atoms with Gasteiger partial charge in [0, 0.05) is 20.1 Å². The zero-order valence-corrected chi connectivity index (χ0v) is 18.2. The summed E-state index contributed by atoms with van der Waals surface area (Å²) in [6, 6.07) is 9.56. The van der Waals surface area contributed by atoms with Crippen LogP contribution in [0.15, 0.2) is 35.1 Å². The molecule has 1 aliphatic heterocycles. The molecule has 1 saturated carbocycles. The van der Waals surface area contributed by atoms with Gasteiger partial charge in [-0.3, -0.25) is 14.2 Å². The molecule has 3 aromatic rings. The Morgan fingerprint density at radius 2 is 2.07 bits per heavy atom. The fourth-order valence-corrected chi connectivity index (χ4v) is 5.24. The zero-order chi connectivity index (χ0) is 20.9. The summed E-state index contributed by atoms with van der Waals surface area (Å²) >= 11 is 7.89. The normalized spacial score (nSPS) is 19.9. The number of alkyl halides is 1. The van der Waals surface area contributed by atoms with E-state index in [-0.39, 0.29) is 17.5 Å². The summed E-state index contributed by atoms with van der Waals surface area (Å²) < 4.78 is 1.51. The SMILES string of the molecule is Cn1c(C2(Cl)CC2)nc2sc(N3CCCC3C(=O)NCc3ccccc3)nc2c1=O. The Bertz CT molecular complexity index is 1170. The maximum Gasteiger partial charge on any atom is 0.280 e. The van der Waals surface area contributed by atoms with Crippen LogP contribution in [0.3, 0.4) is 0 Å². The first-order chi connectivity index (χ1) is 14.5. The van der Waals surface area contributed by atoms with E-state index in [1.807, 2.05) is 35.2 Å². The number of hydrogen-bond donors (Lipinski definition) is 1. The van der Waals surface area contributed by atoms with Crippen molar-refractivity contribution < 1.29 is 4.79 Å². The quantitative estimate of drug-likeness (QED) is 0.613. The number of rotatable bonds is 5. The summed E-state index contributed by atoms with van der Waals surface area (Å²) in [7, 11) is 1.70. The van der Waals surface area contributed by atoms with Crippen LogP contribution in [0.1, 0.15) is 37.1 Å². The summed E-state index contributed by atoms with van der Waals surface area (Å²) in [6.45, 7) is 1.23. The third kappa shape index (κ3) is 3.37. The van der Waals surface area contributed by atoms with Crippen LogP contribution in [0.4, 0.5) is 5.13 Å². The zero-order valence-electron chi connectivity index (χ0n) is 16.6. The lowest BCUT2D eigenvalue weighted by Gasteiger charge is -2.23. The van der Waals surface area contributed by atoms with Gasteiger partial charge in [0.15, 0.2) is 15.5 Å². The second-order valence-electron chi connectivity index (χ2n) is 7.97. The number of hydrogen-bond acceptors (Lipinski definition) is 6. The van der Waals surface area contributed by atoms with Gasteiger partial charge in [0.1, 0.15) is 16.7 Å². The number of thiazole rings is 1. The average Bonchev–Trinajstić information content (AvgIpc) is 3.17. The van der Waals surface area contributed by atoms with Gasteiger partial charge in [-0.2, -0.15) is 0 Å². The molecule has 156 valence electrons. The number of carbonyl (C=O) groups is 1. The summed E-state index contributed by atoms with van der Waals surface area (Å²) in [4.78, 5) is 37.0. The molecule has 1 unspecified atom stereocenters. The lowest BCUT2D eigenvalue weighted by Crippen LogP contribution is -2.43. The number of aromatic nitrogens is 3. The molecule has 30 heavy (non-hydrogen) atoms. The van der Waals surface area contributed by atoms with Crippen molar-refractivity contribution >= 4 is 44.3 Å². The fraction of sp³-hybridized carbons (Fsp3) is 0.429. The molecule has 0 radical (unpaired) electrons. The summed E-state index contributed by atoms with van der Waals surface area (Å²) in [5.74, 6) is 0.588. The highest BCUT2D eigenvalue weighted by Crippen LogP contribution is 2.51. The number of halogens is 1. The van der Waals surface area contributed by atoms with Crippen molar-refractivity contribution in [2.75, 3.05) is 11.4 Å². The Morgan fingerprint density at radius 3 is 2.80 bits per heavy atom. The van der Waals surface area contributed by atoms with Crippen LogP contribution < -0.4 is 15.8 Å². The number of nitrogens with one attached hydrogen (secondary N) is 1. The van der Waals surface area contributed by atoms with E-state index in [4.69, 9.17) is 11.6 Å².